The highest BCUT2D eigenvalue weighted by Crippen LogP contribution is 2.17. The van der Waals surface area contributed by atoms with E-state index in [1.54, 1.807) is 0 Å². The second-order valence-electron chi connectivity index (χ2n) is 14.9. The van der Waals surface area contributed by atoms with E-state index in [4.69, 9.17) is 0 Å². The van der Waals surface area contributed by atoms with Gasteiger partial charge in [0.2, 0.25) is 5.91 Å². The molecule has 0 heterocycles. The summed E-state index contributed by atoms with van der Waals surface area (Å²) in [6, 6.07) is -0.801. The van der Waals surface area contributed by atoms with E-state index in [0.717, 1.165) is 32.1 Å². The first-order chi connectivity index (χ1) is 23.1. The van der Waals surface area contributed by atoms with Gasteiger partial charge in [0.1, 0.15) is 6.10 Å². The lowest BCUT2D eigenvalue weighted by Crippen LogP contribution is -2.50. The van der Waals surface area contributed by atoms with Crippen molar-refractivity contribution in [1.82, 2.24) is 5.32 Å². The van der Waals surface area contributed by atoms with Crippen LogP contribution in [-0.4, -0.2) is 46.1 Å². The smallest absolute Gasteiger partial charge is 0.220 e. The summed E-state index contributed by atoms with van der Waals surface area (Å²) in [6.45, 7) is 4.19. The van der Waals surface area contributed by atoms with Gasteiger partial charge in [-0.1, -0.05) is 219 Å². The molecule has 3 atom stereocenters. The van der Waals surface area contributed by atoms with Gasteiger partial charge in [0.15, 0.2) is 0 Å². The molecule has 0 aliphatic carbocycles. The first-order valence-electron chi connectivity index (χ1n) is 21.3. The molecule has 0 rings (SSSR count). The summed E-state index contributed by atoms with van der Waals surface area (Å²) < 4.78 is 0. The Morgan fingerprint density at radius 2 is 0.723 bits per heavy atom. The van der Waals surface area contributed by atoms with Crippen molar-refractivity contribution in [2.75, 3.05) is 6.61 Å². The number of rotatable bonds is 39. The highest BCUT2D eigenvalue weighted by atomic mass is 16.3. The molecule has 5 heteroatoms. The molecule has 0 bridgehead atoms. The quantitative estimate of drug-likeness (QED) is 0.0491. The van der Waals surface area contributed by atoms with Crippen LogP contribution in [0.15, 0.2) is 0 Å². The normalized spacial score (nSPS) is 13.6. The van der Waals surface area contributed by atoms with E-state index in [-0.39, 0.29) is 12.5 Å². The summed E-state index contributed by atoms with van der Waals surface area (Å²) in [5.74, 6) is -0.140. The standard InChI is InChI=1S/C42H85NO4/c1-3-5-7-9-11-13-15-17-19-20-21-22-23-25-27-29-31-33-35-37-41(46)43-39(38-44)42(47)40(45)36-34-32-30-28-26-24-18-16-14-12-10-8-6-4-2/h39-40,42,44-45,47H,3-38H2,1-2H3,(H,43,46)/t39-,40?,42+/m1/s1. The molecule has 4 N–H and O–H groups in total. The van der Waals surface area contributed by atoms with Crippen molar-refractivity contribution in [3.05, 3.63) is 0 Å². The van der Waals surface area contributed by atoms with Crippen LogP contribution in [0.3, 0.4) is 0 Å². The average molecular weight is 668 g/mol. The molecule has 0 saturated carbocycles. The Kier molecular flexibility index (Phi) is 37.6. The Labute approximate surface area is 294 Å². The third kappa shape index (κ3) is 33.6. The van der Waals surface area contributed by atoms with Crippen LogP contribution in [-0.2, 0) is 4.79 Å². The van der Waals surface area contributed by atoms with Crippen LogP contribution < -0.4 is 5.32 Å². The summed E-state index contributed by atoms with van der Waals surface area (Å²) in [4.78, 5) is 12.4. The molecule has 0 aromatic heterocycles. The number of carbonyl (C=O) groups excluding carboxylic acids is 1. The Hall–Kier alpha value is -0.650. The Morgan fingerprint density at radius 1 is 0.447 bits per heavy atom. The van der Waals surface area contributed by atoms with Crippen molar-refractivity contribution in [3.63, 3.8) is 0 Å². The maximum absolute atomic E-state index is 12.4. The van der Waals surface area contributed by atoms with Crippen molar-refractivity contribution >= 4 is 5.91 Å². The summed E-state index contributed by atoms with van der Waals surface area (Å²) >= 11 is 0. The van der Waals surface area contributed by atoms with Gasteiger partial charge in [-0.2, -0.15) is 0 Å². The van der Waals surface area contributed by atoms with Gasteiger partial charge in [-0.05, 0) is 12.8 Å². The highest BCUT2D eigenvalue weighted by molar-refractivity contribution is 5.76. The number of aliphatic hydroxyl groups excluding tert-OH is 3. The zero-order chi connectivity index (χ0) is 34.5. The molecular weight excluding hydrogens is 582 g/mol. The van der Waals surface area contributed by atoms with Crippen LogP contribution in [0, 0.1) is 0 Å². The van der Waals surface area contributed by atoms with E-state index >= 15 is 0 Å². The molecule has 0 aliphatic rings. The molecule has 1 unspecified atom stereocenters. The van der Waals surface area contributed by atoms with Gasteiger partial charge in [0, 0.05) is 6.42 Å². The predicted octanol–water partition coefficient (Wildman–Crippen LogP) is 11.9. The Balaban J connectivity index is 3.59. The minimum absolute atomic E-state index is 0.140. The molecule has 0 radical (unpaired) electrons. The van der Waals surface area contributed by atoms with E-state index < -0.39 is 18.2 Å². The lowest BCUT2D eigenvalue weighted by atomic mass is 9.99. The molecule has 0 aliphatic heterocycles. The molecule has 0 saturated heterocycles. The molecule has 47 heavy (non-hydrogen) atoms. The first-order valence-corrected chi connectivity index (χ1v) is 21.3. The van der Waals surface area contributed by atoms with Crippen LogP contribution in [0.2, 0.25) is 0 Å². The fourth-order valence-electron chi connectivity index (χ4n) is 6.87. The number of unbranched alkanes of at least 4 members (excludes halogenated alkanes) is 31. The van der Waals surface area contributed by atoms with E-state index in [1.165, 1.54) is 180 Å². The second-order valence-corrected chi connectivity index (χ2v) is 14.9. The third-order valence-corrected chi connectivity index (χ3v) is 10.2. The monoisotopic (exact) mass is 668 g/mol. The van der Waals surface area contributed by atoms with E-state index in [2.05, 4.69) is 19.2 Å². The molecule has 5 nitrogen and oxygen atoms in total. The van der Waals surface area contributed by atoms with Gasteiger partial charge in [-0.25, -0.2) is 0 Å². The molecule has 0 spiro atoms. The van der Waals surface area contributed by atoms with E-state index in [1.807, 2.05) is 0 Å². The van der Waals surface area contributed by atoms with Crippen molar-refractivity contribution in [3.8, 4) is 0 Å². The number of amides is 1. The van der Waals surface area contributed by atoms with Crippen molar-refractivity contribution < 1.29 is 20.1 Å². The fourth-order valence-corrected chi connectivity index (χ4v) is 6.87. The van der Waals surface area contributed by atoms with Crippen LogP contribution in [0.1, 0.15) is 239 Å². The Bertz CT molecular complexity index is 615. The largest absolute Gasteiger partial charge is 0.394 e. The van der Waals surface area contributed by atoms with Crippen LogP contribution in [0.5, 0.6) is 0 Å². The first kappa shape index (κ1) is 46.4. The fraction of sp³-hybridized carbons (Fsp3) is 0.976. The minimum Gasteiger partial charge on any atom is -0.394 e. The number of aliphatic hydroxyl groups is 3. The van der Waals surface area contributed by atoms with Gasteiger partial charge in [-0.3, -0.25) is 4.79 Å². The third-order valence-electron chi connectivity index (χ3n) is 10.2. The number of hydrogen-bond acceptors (Lipinski definition) is 4. The summed E-state index contributed by atoms with van der Waals surface area (Å²) in [5, 5.41) is 33.5. The second kappa shape index (κ2) is 38.2. The molecule has 0 aromatic rings. The van der Waals surface area contributed by atoms with Crippen molar-refractivity contribution in [2.45, 2.75) is 257 Å². The lowest BCUT2D eigenvalue weighted by Gasteiger charge is -2.26. The van der Waals surface area contributed by atoms with Gasteiger partial charge in [0.25, 0.3) is 0 Å². The zero-order valence-corrected chi connectivity index (χ0v) is 31.9. The molecule has 1 amide bonds. The minimum atomic E-state index is -1.13. The van der Waals surface area contributed by atoms with E-state index in [9.17, 15) is 20.1 Å². The SMILES string of the molecule is CCCCCCCCCCCCCCCCCCCCCC(=O)N[C@H](CO)[C@H](O)C(O)CCCCCCCCCCCCCCCC. The maximum Gasteiger partial charge on any atom is 0.220 e. The van der Waals surface area contributed by atoms with Crippen molar-refractivity contribution in [2.24, 2.45) is 0 Å². The lowest BCUT2D eigenvalue weighted by molar-refractivity contribution is -0.124. The van der Waals surface area contributed by atoms with Crippen molar-refractivity contribution in [1.29, 1.82) is 0 Å². The zero-order valence-electron chi connectivity index (χ0n) is 31.9. The Morgan fingerprint density at radius 3 is 1.02 bits per heavy atom. The summed E-state index contributed by atoms with van der Waals surface area (Å²) in [7, 11) is 0. The highest BCUT2D eigenvalue weighted by Gasteiger charge is 2.26. The van der Waals surface area contributed by atoms with Gasteiger partial charge >= 0.3 is 0 Å². The van der Waals surface area contributed by atoms with Gasteiger partial charge < -0.3 is 20.6 Å². The molecule has 282 valence electrons. The number of carbonyl (C=O) groups is 1. The molecule has 0 fully saturated rings. The van der Waals surface area contributed by atoms with Gasteiger partial charge in [0.05, 0.1) is 18.8 Å². The number of hydrogen-bond donors (Lipinski definition) is 4. The maximum atomic E-state index is 12.4. The topological polar surface area (TPSA) is 89.8 Å². The predicted molar refractivity (Wildman–Crippen MR) is 204 cm³/mol. The average Bonchev–Trinajstić information content (AvgIpc) is 3.07. The molecular formula is C42H85NO4. The molecule has 0 aromatic carbocycles. The number of nitrogens with one attached hydrogen (secondary N) is 1. The van der Waals surface area contributed by atoms with Crippen LogP contribution in [0.25, 0.3) is 0 Å². The summed E-state index contributed by atoms with van der Waals surface area (Å²) in [6.07, 6.45) is 42.0. The van der Waals surface area contributed by atoms with Crippen LogP contribution in [0.4, 0.5) is 0 Å². The summed E-state index contributed by atoms with van der Waals surface area (Å²) in [5.41, 5.74) is 0. The van der Waals surface area contributed by atoms with Crippen LogP contribution >= 0.6 is 0 Å². The van der Waals surface area contributed by atoms with E-state index in [0.29, 0.717) is 12.8 Å². The van der Waals surface area contributed by atoms with Gasteiger partial charge in [-0.15, -0.1) is 0 Å².